The second-order valence-corrected chi connectivity index (χ2v) is 4.51. The minimum absolute atomic E-state index is 0.0914. The molecule has 1 heterocycles. The maximum atomic E-state index is 10.8. The molecule has 0 aromatic carbocycles. The lowest BCUT2D eigenvalue weighted by Gasteiger charge is -2.06. The monoisotopic (exact) mass is 315 g/mol. The first-order valence-corrected chi connectivity index (χ1v) is 7.29. The molecule has 0 fully saturated rings. The Hall–Kier alpha value is -1.55. The lowest BCUT2D eigenvalue weighted by atomic mass is 10.4. The van der Waals surface area contributed by atoms with Crippen molar-refractivity contribution in [2.75, 3.05) is 46.2 Å². The summed E-state index contributed by atoms with van der Waals surface area (Å²) in [5.41, 5.74) is 6.01. The van der Waals surface area contributed by atoms with Crippen molar-refractivity contribution in [3.05, 3.63) is 11.9 Å². The number of amides is 1. The number of hydrogen-bond donors (Lipinski definition) is 2. The van der Waals surface area contributed by atoms with Crippen LogP contribution in [-0.4, -0.2) is 67.1 Å². The molecule has 0 unspecified atom stereocenters. The van der Waals surface area contributed by atoms with Gasteiger partial charge in [0.2, 0.25) is 5.91 Å². The Morgan fingerprint density at radius 3 is 2.45 bits per heavy atom. The zero-order valence-corrected chi connectivity index (χ0v) is 13.0. The van der Waals surface area contributed by atoms with Gasteiger partial charge in [0.25, 0.3) is 0 Å². The predicted molar refractivity (Wildman–Crippen MR) is 79.1 cm³/mol. The topological polar surface area (TPSA) is 114 Å². The number of nitrogens with two attached hydrogens (primary N) is 1. The van der Waals surface area contributed by atoms with Gasteiger partial charge in [-0.25, -0.2) is 4.68 Å². The van der Waals surface area contributed by atoms with E-state index >= 15 is 0 Å². The van der Waals surface area contributed by atoms with Crippen LogP contribution in [0.4, 0.5) is 0 Å². The molecule has 0 atom stereocenters. The van der Waals surface area contributed by atoms with E-state index in [4.69, 9.17) is 19.9 Å². The van der Waals surface area contributed by atoms with Crippen LogP contribution in [-0.2, 0) is 32.1 Å². The Balaban J connectivity index is 1.95. The van der Waals surface area contributed by atoms with Crippen molar-refractivity contribution in [3.8, 4) is 0 Å². The van der Waals surface area contributed by atoms with Crippen LogP contribution < -0.4 is 11.1 Å². The average Bonchev–Trinajstić information content (AvgIpc) is 2.95. The molecule has 1 aromatic rings. The van der Waals surface area contributed by atoms with E-state index in [1.165, 1.54) is 6.92 Å². The zero-order valence-electron chi connectivity index (χ0n) is 13.0. The quantitative estimate of drug-likeness (QED) is 0.445. The molecule has 0 radical (unpaired) electrons. The van der Waals surface area contributed by atoms with Crippen LogP contribution in [0, 0.1) is 0 Å². The van der Waals surface area contributed by atoms with E-state index in [-0.39, 0.29) is 5.91 Å². The van der Waals surface area contributed by atoms with E-state index in [1.807, 2.05) is 0 Å². The third-order valence-corrected chi connectivity index (χ3v) is 2.58. The summed E-state index contributed by atoms with van der Waals surface area (Å²) in [6.45, 7) is 6.19. The van der Waals surface area contributed by atoms with E-state index in [0.717, 1.165) is 5.69 Å². The third-order valence-electron chi connectivity index (χ3n) is 2.58. The van der Waals surface area contributed by atoms with Crippen LogP contribution in [0.1, 0.15) is 12.6 Å². The van der Waals surface area contributed by atoms with Crippen molar-refractivity contribution < 1.29 is 19.0 Å². The maximum absolute atomic E-state index is 10.8. The van der Waals surface area contributed by atoms with E-state index in [0.29, 0.717) is 59.3 Å². The van der Waals surface area contributed by atoms with Gasteiger partial charge in [0.1, 0.15) is 5.69 Å². The van der Waals surface area contributed by atoms with E-state index in [9.17, 15) is 4.79 Å². The van der Waals surface area contributed by atoms with Crippen LogP contribution in [0.3, 0.4) is 0 Å². The van der Waals surface area contributed by atoms with Gasteiger partial charge in [0.05, 0.1) is 58.9 Å². The van der Waals surface area contributed by atoms with Crippen molar-refractivity contribution >= 4 is 5.91 Å². The fourth-order valence-electron chi connectivity index (χ4n) is 1.53. The van der Waals surface area contributed by atoms with Crippen molar-refractivity contribution in [2.24, 2.45) is 5.73 Å². The van der Waals surface area contributed by atoms with E-state index < -0.39 is 0 Å². The van der Waals surface area contributed by atoms with Crippen LogP contribution >= 0.6 is 0 Å². The molecule has 9 nitrogen and oxygen atoms in total. The normalized spacial score (nSPS) is 10.8. The van der Waals surface area contributed by atoms with Gasteiger partial charge in [-0.15, -0.1) is 5.10 Å². The van der Waals surface area contributed by atoms with Gasteiger partial charge in [-0.3, -0.25) is 4.79 Å². The minimum atomic E-state index is -0.0914. The largest absolute Gasteiger partial charge is 0.378 e. The first-order valence-electron chi connectivity index (χ1n) is 7.29. The number of carbonyl (C=O) groups is 1. The van der Waals surface area contributed by atoms with Gasteiger partial charge in [-0.2, -0.15) is 0 Å². The summed E-state index contributed by atoms with van der Waals surface area (Å²) in [7, 11) is 0. The minimum Gasteiger partial charge on any atom is -0.378 e. The molecule has 0 aliphatic rings. The van der Waals surface area contributed by atoms with Crippen molar-refractivity contribution in [1.29, 1.82) is 0 Å². The number of hydrogen-bond acceptors (Lipinski definition) is 7. The first kappa shape index (κ1) is 18.5. The summed E-state index contributed by atoms with van der Waals surface area (Å²) < 4.78 is 17.6. The van der Waals surface area contributed by atoms with Crippen LogP contribution in [0.15, 0.2) is 6.20 Å². The summed E-state index contributed by atoms with van der Waals surface area (Å²) in [5.74, 6) is -0.0914. The number of aromatic nitrogens is 3. The Morgan fingerprint density at radius 1 is 1.18 bits per heavy atom. The second-order valence-electron chi connectivity index (χ2n) is 4.51. The SMILES string of the molecule is CC(=O)NCc1cn(CCOCCOCCOCCN)nn1. The number of ether oxygens (including phenoxy) is 3. The van der Waals surface area contributed by atoms with Crippen LogP contribution in [0.25, 0.3) is 0 Å². The van der Waals surface area contributed by atoms with Gasteiger partial charge in [-0.1, -0.05) is 5.21 Å². The predicted octanol–water partition coefficient (Wildman–Crippen LogP) is -1.08. The van der Waals surface area contributed by atoms with Crippen molar-refractivity contribution in [3.63, 3.8) is 0 Å². The van der Waals surface area contributed by atoms with Crippen LogP contribution in [0.5, 0.6) is 0 Å². The third kappa shape index (κ3) is 9.40. The smallest absolute Gasteiger partial charge is 0.217 e. The van der Waals surface area contributed by atoms with Crippen molar-refractivity contribution in [1.82, 2.24) is 20.3 Å². The lowest BCUT2D eigenvalue weighted by Crippen LogP contribution is -2.19. The molecule has 0 bridgehead atoms. The van der Waals surface area contributed by atoms with Gasteiger partial charge in [0, 0.05) is 13.5 Å². The summed E-state index contributed by atoms with van der Waals surface area (Å²) >= 11 is 0. The van der Waals surface area contributed by atoms with Gasteiger partial charge in [-0.05, 0) is 0 Å². The highest BCUT2D eigenvalue weighted by Gasteiger charge is 2.01. The zero-order chi connectivity index (χ0) is 16.0. The number of rotatable bonds is 13. The molecule has 1 rings (SSSR count). The molecule has 3 N–H and O–H groups in total. The molecule has 0 aliphatic carbocycles. The Kier molecular flexibility index (Phi) is 10.1. The molecule has 1 amide bonds. The fourth-order valence-corrected chi connectivity index (χ4v) is 1.53. The number of nitrogens with zero attached hydrogens (tertiary/aromatic N) is 3. The van der Waals surface area contributed by atoms with Gasteiger partial charge >= 0.3 is 0 Å². The average molecular weight is 315 g/mol. The van der Waals surface area contributed by atoms with E-state index in [2.05, 4.69) is 15.6 Å². The standard InChI is InChI=1S/C13H25N5O4/c1-12(19)15-10-13-11-18(17-16-13)3-5-21-7-9-22-8-6-20-4-2-14/h11H,2-10,14H2,1H3,(H,15,19). The molecular weight excluding hydrogens is 290 g/mol. The Morgan fingerprint density at radius 2 is 1.82 bits per heavy atom. The molecule has 0 aliphatic heterocycles. The number of carbonyl (C=O) groups excluding carboxylic acids is 1. The highest BCUT2D eigenvalue weighted by atomic mass is 16.5. The van der Waals surface area contributed by atoms with Gasteiger partial charge < -0.3 is 25.3 Å². The second kappa shape index (κ2) is 12.0. The highest BCUT2D eigenvalue weighted by Crippen LogP contribution is 1.93. The Labute approximate surface area is 130 Å². The summed E-state index contributed by atoms with van der Waals surface area (Å²) in [5, 5.41) is 10.6. The molecule has 0 saturated heterocycles. The fraction of sp³-hybridized carbons (Fsp3) is 0.769. The van der Waals surface area contributed by atoms with E-state index in [1.54, 1.807) is 10.9 Å². The maximum Gasteiger partial charge on any atom is 0.217 e. The molecular formula is C13H25N5O4. The number of nitrogens with one attached hydrogen (secondary N) is 1. The molecule has 22 heavy (non-hydrogen) atoms. The molecule has 9 heteroatoms. The molecule has 126 valence electrons. The van der Waals surface area contributed by atoms with Crippen LogP contribution in [0.2, 0.25) is 0 Å². The lowest BCUT2D eigenvalue weighted by molar-refractivity contribution is -0.119. The van der Waals surface area contributed by atoms with Crippen molar-refractivity contribution in [2.45, 2.75) is 20.0 Å². The first-order chi connectivity index (χ1) is 10.7. The summed E-state index contributed by atoms with van der Waals surface area (Å²) in [6.07, 6.45) is 1.78. The highest BCUT2D eigenvalue weighted by molar-refractivity contribution is 5.72. The Bertz CT molecular complexity index is 413. The molecule has 1 aromatic heterocycles. The summed E-state index contributed by atoms with van der Waals surface area (Å²) in [6, 6.07) is 0. The molecule has 0 spiro atoms. The molecule has 0 saturated carbocycles. The van der Waals surface area contributed by atoms with Gasteiger partial charge in [0.15, 0.2) is 0 Å². The summed E-state index contributed by atoms with van der Waals surface area (Å²) in [4.78, 5) is 10.8.